The minimum absolute atomic E-state index is 0.0850. The number of nitrogens with zero attached hydrogens (tertiary/aromatic N) is 1. The maximum absolute atomic E-state index is 12.0. The summed E-state index contributed by atoms with van der Waals surface area (Å²) in [6.07, 6.45) is 0.197. The van der Waals surface area contributed by atoms with Gasteiger partial charge in [0, 0.05) is 6.42 Å². The molecule has 0 bridgehead atoms. The number of pyridine rings is 1. The number of carbonyl (C=O) groups is 2. The molecular formula is C15H13ClN2O3. The Morgan fingerprint density at radius 3 is 2.48 bits per heavy atom. The number of carbonyl (C=O) groups excluding carboxylic acids is 1. The molecule has 0 saturated carbocycles. The molecule has 2 rings (SSSR count). The zero-order valence-electron chi connectivity index (χ0n) is 11.0. The highest BCUT2D eigenvalue weighted by molar-refractivity contribution is 6.29. The van der Waals surface area contributed by atoms with Crippen LogP contribution in [-0.4, -0.2) is 28.0 Å². The third-order valence-electron chi connectivity index (χ3n) is 2.83. The summed E-state index contributed by atoms with van der Waals surface area (Å²) in [5.41, 5.74) is 0.908. The zero-order valence-corrected chi connectivity index (χ0v) is 11.7. The van der Waals surface area contributed by atoms with Crippen molar-refractivity contribution < 1.29 is 14.7 Å². The van der Waals surface area contributed by atoms with Crippen molar-refractivity contribution in [2.45, 2.75) is 12.5 Å². The van der Waals surface area contributed by atoms with E-state index in [9.17, 15) is 14.7 Å². The summed E-state index contributed by atoms with van der Waals surface area (Å²) in [5, 5.41) is 11.9. The summed E-state index contributed by atoms with van der Waals surface area (Å²) < 4.78 is 0. The molecular weight excluding hydrogens is 292 g/mol. The molecule has 6 heteroatoms. The Hall–Kier alpha value is -2.40. The number of rotatable bonds is 5. The lowest BCUT2D eigenvalue weighted by Crippen LogP contribution is -2.42. The molecule has 1 amide bonds. The molecule has 2 aromatic rings. The summed E-state index contributed by atoms with van der Waals surface area (Å²) in [6.45, 7) is 0. The van der Waals surface area contributed by atoms with Crippen molar-refractivity contribution in [1.82, 2.24) is 10.3 Å². The van der Waals surface area contributed by atoms with E-state index in [1.807, 2.05) is 18.2 Å². The average Bonchev–Trinajstić information content (AvgIpc) is 2.47. The Morgan fingerprint density at radius 2 is 1.86 bits per heavy atom. The average molecular weight is 305 g/mol. The number of aromatic nitrogens is 1. The molecule has 0 fully saturated rings. The topological polar surface area (TPSA) is 79.3 Å². The normalized spacial score (nSPS) is 11.7. The molecule has 5 nitrogen and oxygen atoms in total. The Morgan fingerprint density at radius 1 is 1.14 bits per heavy atom. The van der Waals surface area contributed by atoms with Gasteiger partial charge >= 0.3 is 5.97 Å². The van der Waals surface area contributed by atoms with Gasteiger partial charge in [-0.05, 0) is 17.7 Å². The number of carboxylic acids is 1. The first kappa shape index (κ1) is 15.0. The van der Waals surface area contributed by atoms with E-state index in [-0.39, 0.29) is 17.3 Å². The predicted molar refractivity (Wildman–Crippen MR) is 78.3 cm³/mol. The third-order valence-corrected chi connectivity index (χ3v) is 3.04. The van der Waals surface area contributed by atoms with E-state index < -0.39 is 17.9 Å². The Balaban J connectivity index is 2.10. The van der Waals surface area contributed by atoms with Crippen LogP contribution in [0.3, 0.4) is 0 Å². The molecule has 21 heavy (non-hydrogen) atoms. The second kappa shape index (κ2) is 6.85. The van der Waals surface area contributed by atoms with Gasteiger partial charge in [-0.15, -0.1) is 0 Å². The van der Waals surface area contributed by atoms with Gasteiger partial charge in [0.2, 0.25) is 0 Å². The van der Waals surface area contributed by atoms with Gasteiger partial charge in [0.1, 0.15) is 16.9 Å². The minimum Gasteiger partial charge on any atom is -0.480 e. The third kappa shape index (κ3) is 4.29. The van der Waals surface area contributed by atoms with Crippen LogP contribution in [0, 0.1) is 0 Å². The molecule has 1 aromatic carbocycles. The number of carboxylic acid groups (broad SMARTS) is 1. The zero-order chi connectivity index (χ0) is 15.2. The molecule has 2 N–H and O–H groups in total. The van der Waals surface area contributed by atoms with E-state index in [0.29, 0.717) is 0 Å². The number of benzene rings is 1. The quantitative estimate of drug-likeness (QED) is 0.830. The summed E-state index contributed by atoms with van der Waals surface area (Å²) in [5.74, 6) is -1.67. The van der Waals surface area contributed by atoms with E-state index in [1.54, 1.807) is 18.2 Å². The standard InChI is InChI=1S/C15H13ClN2O3/c16-13-8-4-7-11(17-13)14(19)18-12(15(20)21)9-10-5-2-1-3-6-10/h1-8,12H,9H2,(H,18,19)(H,20,21). The summed E-state index contributed by atoms with van der Waals surface area (Å²) in [6, 6.07) is 12.6. The second-order valence-corrected chi connectivity index (χ2v) is 4.79. The Kier molecular flexibility index (Phi) is 4.90. The first-order valence-electron chi connectivity index (χ1n) is 6.26. The lowest BCUT2D eigenvalue weighted by molar-refractivity contribution is -0.139. The molecule has 0 aliphatic rings. The molecule has 1 atom stereocenters. The molecule has 0 aliphatic carbocycles. The van der Waals surface area contributed by atoms with Crippen LogP contribution in [0.15, 0.2) is 48.5 Å². The number of halogens is 1. The number of hydrogen-bond donors (Lipinski definition) is 2. The fourth-order valence-corrected chi connectivity index (χ4v) is 1.98. The first-order valence-corrected chi connectivity index (χ1v) is 6.64. The molecule has 0 spiro atoms. The fourth-order valence-electron chi connectivity index (χ4n) is 1.82. The molecule has 0 saturated heterocycles. The van der Waals surface area contributed by atoms with Gasteiger partial charge in [0.15, 0.2) is 0 Å². The van der Waals surface area contributed by atoms with Crippen LogP contribution in [0.5, 0.6) is 0 Å². The van der Waals surface area contributed by atoms with Crippen LogP contribution in [-0.2, 0) is 11.2 Å². The van der Waals surface area contributed by atoms with Crippen LogP contribution in [0.2, 0.25) is 5.15 Å². The van der Waals surface area contributed by atoms with E-state index in [1.165, 1.54) is 12.1 Å². The minimum atomic E-state index is -1.10. The van der Waals surface area contributed by atoms with Crippen molar-refractivity contribution in [3.8, 4) is 0 Å². The molecule has 1 aromatic heterocycles. The number of aliphatic carboxylic acids is 1. The maximum Gasteiger partial charge on any atom is 0.326 e. The van der Waals surface area contributed by atoms with Crippen molar-refractivity contribution in [2.24, 2.45) is 0 Å². The molecule has 1 unspecified atom stereocenters. The largest absolute Gasteiger partial charge is 0.480 e. The molecule has 1 heterocycles. The van der Waals surface area contributed by atoms with E-state index >= 15 is 0 Å². The highest BCUT2D eigenvalue weighted by Crippen LogP contribution is 2.07. The Bertz CT molecular complexity index is 646. The Labute approximate surface area is 126 Å². The van der Waals surface area contributed by atoms with Gasteiger partial charge in [0.05, 0.1) is 0 Å². The summed E-state index contributed by atoms with van der Waals surface area (Å²) in [7, 11) is 0. The SMILES string of the molecule is O=C(NC(Cc1ccccc1)C(=O)O)c1cccc(Cl)n1. The number of nitrogens with one attached hydrogen (secondary N) is 1. The van der Waals surface area contributed by atoms with E-state index in [2.05, 4.69) is 10.3 Å². The second-order valence-electron chi connectivity index (χ2n) is 4.40. The lowest BCUT2D eigenvalue weighted by Gasteiger charge is -2.14. The summed E-state index contributed by atoms with van der Waals surface area (Å²) in [4.78, 5) is 27.1. The monoisotopic (exact) mass is 304 g/mol. The number of hydrogen-bond acceptors (Lipinski definition) is 3. The first-order chi connectivity index (χ1) is 10.1. The van der Waals surface area contributed by atoms with Gasteiger partial charge in [0.25, 0.3) is 5.91 Å². The van der Waals surface area contributed by atoms with Gasteiger partial charge in [-0.3, -0.25) is 4.79 Å². The smallest absolute Gasteiger partial charge is 0.326 e. The van der Waals surface area contributed by atoms with Crippen LogP contribution in [0.4, 0.5) is 0 Å². The van der Waals surface area contributed by atoms with Crippen molar-refractivity contribution in [2.75, 3.05) is 0 Å². The van der Waals surface area contributed by atoms with Crippen molar-refractivity contribution in [3.05, 3.63) is 64.9 Å². The van der Waals surface area contributed by atoms with Crippen LogP contribution in [0.1, 0.15) is 16.1 Å². The van der Waals surface area contributed by atoms with Crippen LogP contribution in [0.25, 0.3) is 0 Å². The fraction of sp³-hybridized carbons (Fsp3) is 0.133. The van der Waals surface area contributed by atoms with Crippen LogP contribution < -0.4 is 5.32 Å². The summed E-state index contributed by atoms with van der Waals surface area (Å²) >= 11 is 5.71. The van der Waals surface area contributed by atoms with Gasteiger partial charge in [-0.1, -0.05) is 48.0 Å². The molecule has 0 radical (unpaired) electrons. The van der Waals surface area contributed by atoms with Crippen molar-refractivity contribution >= 4 is 23.5 Å². The maximum atomic E-state index is 12.0. The highest BCUT2D eigenvalue weighted by Gasteiger charge is 2.21. The van der Waals surface area contributed by atoms with Crippen molar-refractivity contribution in [3.63, 3.8) is 0 Å². The van der Waals surface area contributed by atoms with Gasteiger partial charge in [-0.25, -0.2) is 9.78 Å². The highest BCUT2D eigenvalue weighted by atomic mass is 35.5. The number of amides is 1. The van der Waals surface area contributed by atoms with Gasteiger partial charge < -0.3 is 10.4 Å². The van der Waals surface area contributed by atoms with Crippen LogP contribution >= 0.6 is 11.6 Å². The van der Waals surface area contributed by atoms with Crippen molar-refractivity contribution in [1.29, 1.82) is 0 Å². The molecule has 108 valence electrons. The van der Waals surface area contributed by atoms with Gasteiger partial charge in [-0.2, -0.15) is 0 Å². The predicted octanol–water partition coefficient (Wildman–Crippen LogP) is 2.16. The van der Waals surface area contributed by atoms with E-state index in [0.717, 1.165) is 5.56 Å². The molecule has 0 aliphatic heterocycles. The van der Waals surface area contributed by atoms with E-state index in [4.69, 9.17) is 11.6 Å². The lowest BCUT2D eigenvalue weighted by atomic mass is 10.1.